The number of benzene rings is 2. The van der Waals surface area contributed by atoms with E-state index in [4.69, 9.17) is 0 Å². The molecule has 0 bridgehead atoms. The Morgan fingerprint density at radius 3 is 2.57 bits per heavy atom. The van der Waals surface area contributed by atoms with Crippen LogP contribution in [0.2, 0.25) is 0 Å². The zero-order chi connectivity index (χ0) is 21.1. The Kier molecular flexibility index (Phi) is 5.65. The number of carbonyl (C=O) groups excluding carboxylic acids is 1. The van der Waals surface area contributed by atoms with Crippen LogP contribution in [0.4, 0.5) is 5.69 Å². The minimum absolute atomic E-state index is 0.182. The molecule has 4 rings (SSSR count). The predicted molar refractivity (Wildman–Crippen MR) is 113 cm³/mol. The number of aryl methyl sites for hydroxylation is 1. The summed E-state index contributed by atoms with van der Waals surface area (Å²) in [5, 5.41) is 10.6. The van der Waals surface area contributed by atoms with E-state index in [1.165, 1.54) is 10.4 Å². The van der Waals surface area contributed by atoms with Crippen LogP contribution in [0, 0.1) is 6.92 Å². The SMILES string of the molecule is Cc1ccc(C(=O)Nc2ccccc2-n2ccnn2)cc1S(=O)(=O)N1CCCCC1. The quantitative estimate of drug-likeness (QED) is 0.678. The van der Waals surface area contributed by atoms with Gasteiger partial charge in [0.25, 0.3) is 5.91 Å². The maximum Gasteiger partial charge on any atom is 0.255 e. The molecule has 0 atom stereocenters. The molecule has 0 radical (unpaired) electrons. The highest BCUT2D eigenvalue weighted by Gasteiger charge is 2.28. The van der Waals surface area contributed by atoms with Gasteiger partial charge in [0.1, 0.15) is 0 Å². The zero-order valence-corrected chi connectivity index (χ0v) is 17.5. The largest absolute Gasteiger partial charge is 0.320 e. The minimum Gasteiger partial charge on any atom is -0.320 e. The van der Waals surface area contributed by atoms with Gasteiger partial charge in [-0.25, -0.2) is 13.1 Å². The van der Waals surface area contributed by atoms with Gasteiger partial charge in [0, 0.05) is 18.7 Å². The van der Waals surface area contributed by atoms with E-state index in [-0.39, 0.29) is 10.5 Å². The van der Waals surface area contributed by atoms with Crippen LogP contribution in [0.15, 0.2) is 59.8 Å². The number of carbonyl (C=O) groups is 1. The minimum atomic E-state index is -3.63. The van der Waals surface area contributed by atoms with Gasteiger partial charge in [-0.05, 0) is 49.6 Å². The molecule has 1 amide bonds. The Morgan fingerprint density at radius 2 is 1.83 bits per heavy atom. The topological polar surface area (TPSA) is 97.2 Å². The van der Waals surface area contributed by atoms with Crippen LogP contribution >= 0.6 is 0 Å². The second-order valence-electron chi connectivity index (χ2n) is 7.26. The number of anilines is 1. The van der Waals surface area contributed by atoms with E-state index in [0.717, 1.165) is 19.3 Å². The normalized spacial score (nSPS) is 15.1. The predicted octanol–water partition coefficient (Wildman–Crippen LogP) is 3.00. The van der Waals surface area contributed by atoms with E-state index in [9.17, 15) is 13.2 Å². The van der Waals surface area contributed by atoms with Crippen LogP contribution in [-0.2, 0) is 10.0 Å². The van der Waals surface area contributed by atoms with Crippen LogP contribution in [0.1, 0.15) is 35.2 Å². The van der Waals surface area contributed by atoms with Crippen molar-refractivity contribution in [2.45, 2.75) is 31.1 Å². The second kappa shape index (κ2) is 8.37. The van der Waals surface area contributed by atoms with Gasteiger partial charge in [0.2, 0.25) is 10.0 Å². The van der Waals surface area contributed by atoms with Crippen LogP contribution in [0.3, 0.4) is 0 Å². The van der Waals surface area contributed by atoms with Crippen molar-refractivity contribution in [3.05, 3.63) is 66.0 Å². The van der Waals surface area contributed by atoms with Gasteiger partial charge in [-0.15, -0.1) is 5.10 Å². The van der Waals surface area contributed by atoms with Gasteiger partial charge in [0.05, 0.1) is 28.7 Å². The first-order valence-electron chi connectivity index (χ1n) is 9.85. The first kappa shape index (κ1) is 20.2. The third-order valence-electron chi connectivity index (χ3n) is 5.20. The summed E-state index contributed by atoms with van der Waals surface area (Å²) in [5.74, 6) is -0.391. The number of rotatable bonds is 5. The summed E-state index contributed by atoms with van der Waals surface area (Å²) in [6.45, 7) is 2.78. The fourth-order valence-electron chi connectivity index (χ4n) is 3.57. The molecule has 3 aromatic rings. The molecule has 0 unspecified atom stereocenters. The van der Waals surface area contributed by atoms with Crippen molar-refractivity contribution in [1.29, 1.82) is 0 Å². The maximum atomic E-state index is 13.1. The molecule has 0 saturated carbocycles. The molecule has 9 heteroatoms. The number of nitrogens with zero attached hydrogens (tertiary/aromatic N) is 4. The third kappa shape index (κ3) is 3.99. The summed E-state index contributed by atoms with van der Waals surface area (Å²) in [4.78, 5) is 13.1. The van der Waals surface area contributed by atoms with Crippen molar-refractivity contribution in [1.82, 2.24) is 19.3 Å². The van der Waals surface area contributed by atoms with E-state index < -0.39 is 15.9 Å². The second-order valence-corrected chi connectivity index (χ2v) is 9.17. The van der Waals surface area contributed by atoms with Gasteiger partial charge in [-0.1, -0.05) is 29.8 Å². The Balaban J connectivity index is 1.63. The lowest BCUT2D eigenvalue weighted by Gasteiger charge is -2.26. The monoisotopic (exact) mass is 425 g/mol. The van der Waals surface area contributed by atoms with Gasteiger partial charge >= 0.3 is 0 Å². The lowest BCUT2D eigenvalue weighted by Crippen LogP contribution is -2.36. The lowest BCUT2D eigenvalue weighted by molar-refractivity contribution is 0.102. The Labute approximate surface area is 175 Å². The van der Waals surface area contributed by atoms with Gasteiger partial charge < -0.3 is 5.32 Å². The molecular formula is C21H23N5O3S. The number of piperidine rings is 1. The number of amides is 1. The van der Waals surface area contributed by atoms with Crippen molar-refractivity contribution in [3.8, 4) is 5.69 Å². The zero-order valence-electron chi connectivity index (χ0n) is 16.7. The van der Waals surface area contributed by atoms with Crippen molar-refractivity contribution < 1.29 is 13.2 Å². The van der Waals surface area contributed by atoms with E-state index in [1.54, 1.807) is 48.3 Å². The molecule has 1 aromatic heterocycles. The van der Waals surface area contributed by atoms with Gasteiger partial charge in [-0.2, -0.15) is 4.31 Å². The molecule has 30 heavy (non-hydrogen) atoms. The number of aromatic nitrogens is 3. The standard InChI is InChI=1S/C21H23N5O3S/c1-16-9-10-17(15-20(16)30(28,29)25-12-5-2-6-13-25)21(27)23-18-7-3-4-8-19(18)26-14-11-22-24-26/h3-4,7-11,14-15H,2,5-6,12-13H2,1H3,(H,23,27). The molecule has 1 aliphatic heterocycles. The van der Waals surface area contributed by atoms with Gasteiger partial charge in [0.15, 0.2) is 0 Å². The molecular weight excluding hydrogens is 402 g/mol. The molecule has 0 aliphatic carbocycles. The smallest absolute Gasteiger partial charge is 0.255 e. The number of hydrogen-bond acceptors (Lipinski definition) is 5. The van der Waals surface area contributed by atoms with Crippen LogP contribution < -0.4 is 5.32 Å². The Bertz CT molecular complexity index is 1150. The Morgan fingerprint density at radius 1 is 1.07 bits per heavy atom. The Hall–Kier alpha value is -3.04. The maximum absolute atomic E-state index is 13.1. The van der Waals surface area contributed by atoms with E-state index in [2.05, 4.69) is 15.6 Å². The van der Waals surface area contributed by atoms with Crippen LogP contribution in [0.25, 0.3) is 5.69 Å². The van der Waals surface area contributed by atoms with Crippen molar-refractivity contribution in [2.24, 2.45) is 0 Å². The van der Waals surface area contributed by atoms with E-state index in [1.807, 2.05) is 12.1 Å². The summed E-state index contributed by atoms with van der Waals surface area (Å²) in [7, 11) is -3.63. The number of nitrogens with one attached hydrogen (secondary N) is 1. The van der Waals surface area contributed by atoms with Crippen LogP contribution in [0.5, 0.6) is 0 Å². The average molecular weight is 426 g/mol. The van der Waals surface area contributed by atoms with E-state index >= 15 is 0 Å². The summed E-state index contributed by atoms with van der Waals surface area (Å²) >= 11 is 0. The molecule has 2 heterocycles. The highest BCUT2D eigenvalue weighted by atomic mass is 32.2. The molecule has 8 nitrogen and oxygen atoms in total. The van der Waals surface area contributed by atoms with E-state index in [0.29, 0.717) is 30.0 Å². The molecule has 1 saturated heterocycles. The summed E-state index contributed by atoms with van der Waals surface area (Å²) in [5.41, 5.74) is 2.12. The average Bonchev–Trinajstić information content (AvgIpc) is 3.29. The molecule has 1 fully saturated rings. The molecule has 0 spiro atoms. The fourth-order valence-corrected chi connectivity index (χ4v) is 5.34. The summed E-state index contributed by atoms with van der Waals surface area (Å²) in [6.07, 6.45) is 5.99. The number of hydrogen-bond donors (Lipinski definition) is 1. The summed E-state index contributed by atoms with van der Waals surface area (Å²) in [6, 6.07) is 12.0. The number of para-hydroxylation sites is 2. The first-order valence-corrected chi connectivity index (χ1v) is 11.3. The highest BCUT2D eigenvalue weighted by molar-refractivity contribution is 7.89. The fraction of sp³-hybridized carbons (Fsp3) is 0.286. The highest BCUT2D eigenvalue weighted by Crippen LogP contribution is 2.25. The van der Waals surface area contributed by atoms with Crippen molar-refractivity contribution >= 4 is 21.6 Å². The molecule has 2 aromatic carbocycles. The molecule has 1 N–H and O–H groups in total. The molecule has 1 aliphatic rings. The third-order valence-corrected chi connectivity index (χ3v) is 7.25. The number of sulfonamides is 1. The van der Waals surface area contributed by atoms with Crippen molar-refractivity contribution in [2.75, 3.05) is 18.4 Å². The van der Waals surface area contributed by atoms with Crippen molar-refractivity contribution in [3.63, 3.8) is 0 Å². The lowest BCUT2D eigenvalue weighted by atomic mass is 10.1. The first-order chi connectivity index (χ1) is 14.5. The molecule has 156 valence electrons. The summed E-state index contributed by atoms with van der Waals surface area (Å²) < 4.78 is 29.3. The van der Waals surface area contributed by atoms with Crippen LogP contribution in [-0.4, -0.2) is 46.7 Å². The van der Waals surface area contributed by atoms with Gasteiger partial charge in [-0.3, -0.25) is 4.79 Å².